The van der Waals surface area contributed by atoms with Gasteiger partial charge in [0.2, 0.25) is 5.91 Å². The Bertz CT molecular complexity index is 567. The van der Waals surface area contributed by atoms with Gasteiger partial charge in [-0.3, -0.25) is 4.79 Å². The van der Waals surface area contributed by atoms with Gasteiger partial charge in [-0.15, -0.1) is 23.1 Å². The van der Waals surface area contributed by atoms with Crippen molar-refractivity contribution in [3.63, 3.8) is 0 Å². The molecule has 2 nitrogen and oxygen atoms in total. The molecule has 1 aromatic carbocycles. The summed E-state index contributed by atoms with van der Waals surface area (Å²) in [6, 6.07) is 9.32. The van der Waals surface area contributed by atoms with E-state index in [-0.39, 0.29) is 11.9 Å². The molecule has 0 aliphatic heterocycles. The van der Waals surface area contributed by atoms with Gasteiger partial charge in [-0.1, -0.05) is 35.3 Å². The van der Waals surface area contributed by atoms with Crippen molar-refractivity contribution in [1.82, 2.24) is 5.32 Å². The van der Waals surface area contributed by atoms with Crippen LogP contribution in [0.4, 0.5) is 0 Å². The van der Waals surface area contributed by atoms with Gasteiger partial charge in [0.15, 0.2) is 0 Å². The monoisotopic (exact) mass is 345 g/mol. The summed E-state index contributed by atoms with van der Waals surface area (Å²) < 4.78 is 0. The van der Waals surface area contributed by atoms with Crippen LogP contribution in [0.5, 0.6) is 0 Å². The lowest BCUT2D eigenvalue weighted by Gasteiger charge is -2.12. The second-order valence-corrected chi connectivity index (χ2v) is 6.92. The zero-order valence-electron chi connectivity index (χ0n) is 10.7. The molecule has 0 saturated heterocycles. The molecule has 0 radical (unpaired) electrons. The number of hydrogen-bond donors (Lipinski definition) is 1. The molecule has 0 fully saturated rings. The van der Waals surface area contributed by atoms with Gasteiger partial charge < -0.3 is 5.32 Å². The minimum Gasteiger partial charge on any atom is -0.348 e. The van der Waals surface area contributed by atoms with Crippen molar-refractivity contribution < 1.29 is 4.79 Å². The molecule has 0 spiro atoms. The molecule has 1 N–H and O–H groups in total. The van der Waals surface area contributed by atoms with Crippen molar-refractivity contribution in [2.45, 2.75) is 17.9 Å². The summed E-state index contributed by atoms with van der Waals surface area (Å²) >= 11 is 15.1. The number of rotatable bonds is 5. The highest BCUT2D eigenvalue weighted by Gasteiger charge is 2.12. The second-order valence-electron chi connectivity index (χ2n) is 4.14. The molecular weight excluding hydrogens is 333 g/mol. The zero-order chi connectivity index (χ0) is 14.5. The van der Waals surface area contributed by atoms with E-state index in [1.54, 1.807) is 29.5 Å². The third-order valence-electron chi connectivity index (χ3n) is 2.61. The van der Waals surface area contributed by atoms with Crippen molar-refractivity contribution in [3.8, 4) is 0 Å². The number of thioether (sulfide) groups is 1. The summed E-state index contributed by atoms with van der Waals surface area (Å²) in [7, 11) is 0. The number of halogens is 2. The minimum atomic E-state index is -0.0353. The Labute approximate surface area is 136 Å². The van der Waals surface area contributed by atoms with Gasteiger partial charge >= 0.3 is 0 Å². The molecule has 0 aliphatic rings. The smallest absolute Gasteiger partial charge is 0.230 e. The summed E-state index contributed by atoms with van der Waals surface area (Å²) in [6.07, 6.45) is 0. The van der Waals surface area contributed by atoms with E-state index in [9.17, 15) is 4.79 Å². The fourth-order valence-corrected chi connectivity index (χ4v) is 3.88. The van der Waals surface area contributed by atoms with Crippen LogP contribution in [-0.2, 0) is 4.79 Å². The standard InChI is InChI=1S/C14H13Cl2NOS2/c1-9(12-6-3-7-19-12)17-13(18)8-20-14-10(15)4-2-5-11(14)16/h2-7,9H,8H2,1H3,(H,17,18). The number of hydrogen-bond acceptors (Lipinski definition) is 3. The Balaban J connectivity index is 1.89. The Morgan fingerprint density at radius 3 is 2.60 bits per heavy atom. The van der Waals surface area contributed by atoms with Gasteiger partial charge in [-0.25, -0.2) is 0 Å². The van der Waals surface area contributed by atoms with E-state index in [4.69, 9.17) is 23.2 Å². The van der Waals surface area contributed by atoms with Gasteiger partial charge in [0, 0.05) is 9.77 Å². The van der Waals surface area contributed by atoms with Crippen LogP contribution in [-0.4, -0.2) is 11.7 Å². The highest BCUT2D eigenvalue weighted by Crippen LogP contribution is 2.33. The Morgan fingerprint density at radius 2 is 2.00 bits per heavy atom. The van der Waals surface area contributed by atoms with Crippen LogP contribution < -0.4 is 5.32 Å². The quantitative estimate of drug-likeness (QED) is 0.770. The molecule has 1 unspecified atom stereocenters. The van der Waals surface area contributed by atoms with Crippen molar-refractivity contribution in [2.75, 3.05) is 5.75 Å². The Morgan fingerprint density at radius 1 is 1.30 bits per heavy atom. The van der Waals surface area contributed by atoms with Crippen molar-refractivity contribution in [1.29, 1.82) is 0 Å². The van der Waals surface area contributed by atoms with E-state index in [1.807, 2.05) is 24.4 Å². The maximum Gasteiger partial charge on any atom is 0.230 e. The predicted molar refractivity (Wildman–Crippen MR) is 88.1 cm³/mol. The van der Waals surface area contributed by atoms with Crippen LogP contribution in [0.25, 0.3) is 0 Å². The fourth-order valence-electron chi connectivity index (χ4n) is 1.65. The molecule has 2 aromatic rings. The van der Waals surface area contributed by atoms with Gasteiger partial charge in [0.05, 0.1) is 21.8 Å². The zero-order valence-corrected chi connectivity index (χ0v) is 13.9. The topological polar surface area (TPSA) is 29.1 Å². The molecule has 20 heavy (non-hydrogen) atoms. The molecule has 2 rings (SSSR count). The van der Waals surface area contributed by atoms with E-state index in [0.29, 0.717) is 15.8 Å². The third-order valence-corrected chi connectivity index (χ3v) is 5.66. The largest absolute Gasteiger partial charge is 0.348 e. The average Bonchev–Trinajstić information content (AvgIpc) is 2.92. The van der Waals surface area contributed by atoms with E-state index >= 15 is 0 Å². The van der Waals surface area contributed by atoms with Crippen molar-refractivity contribution in [2.24, 2.45) is 0 Å². The van der Waals surface area contributed by atoms with Crippen LogP contribution in [0.15, 0.2) is 40.6 Å². The van der Waals surface area contributed by atoms with Gasteiger partial charge in [-0.05, 0) is 30.5 Å². The SMILES string of the molecule is CC(NC(=O)CSc1c(Cl)cccc1Cl)c1cccs1. The molecule has 0 aliphatic carbocycles. The number of nitrogens with one attached hydrogen (secondary N) is 1. The summed E-state index contributed by atoms with van der Waals surface area (Å²) in [6.45, 7) is 1.97. The number of benzene rings is 1. The normalized spacial score (nSPS) is 12.2. The van der Waals surface area contributed by atoms with Crippen LogP contribution in [0.1, 0.15) is 17.8 Å². The molecule has 6 heteroatoms. The number of carbonyl (C=O) groups excluding carboxylic acids is 1. The first-order valence-corrected chi connectivity index (χ1v) is 8.59. The molecule has 1 atom stereocenters. The number of amides is 1. The minimum absolute atomic E-state index is 0.0183. The van der Waals surface area contributed by atoms with Crippen LogP contribution in [0.2, 0.25) is 10.0 Å². The number of thiophene rings is 1. The molecular formula is C14H13Cl2NOS2. The van der Waals surface area contributed by atoms with Gasteiger partial charge in [-0.2, -0.15) is 0 Å². The van der Waals surface area contributed by atoms with Crippen LogP contribution in [0.3, 0.4) is 0 Å². The highest BCUT2D eigenvalue weighted by atomic mass is 35.5. The first kappa shape index (κ1) is 15.7. The van der Waals surface area contributed by atoms with E-state index in [1.165, 1.54) is 11.8 Å². The second kappa shape index (κ2) is 7.36. The van der Waals surface area contributed by atoms with E-state index < -0.39 is 0 Å². The summed E-state index contributed by atoms with van der Waals surface area (Å²) in [5.74, 6) is 0.256. The molecule has 1 amide bonds. The molecule has 1 aromatic heterocycles. The lowest BCUT2D eigenvalue weighted by molar-refractivity contribution is -0.119. The lowest BCUT2D eigenvalue weighted by Crippen LogP contribution is -2.27. The highest BCUT2D eigenvalue weighted by molar-refractivity contribution is 8.00. The summed E-state index contributed by atoms with van der Waals surface area (Å²) in [5, 5.41) is 6.09. The van der Waals surface area contributed by atoms with E-state index in [2.05, 4.69) is 5.32 Å². The molecule has 0 bridgehead atoms. The predicted octanol–water partition coefficient (Wildman–Crippen LogP) is 5.02. The van der Waals surface area contributed by atoms with E-state index in [0.717, 1.165) is 9.77 Å². The van der Waals surface area contributed by atoms with Gasteiger partial charge in [0.25, 0.3) is 0 Å². The summed E-state index contributed by atoms with van der Waals surface area (Å²) in [5.41, 5.74) is 0. The fraction of sp³-hybridized carbons (Fsp3) is 0.214. The first-order chi connectivity index (χ1) is 9.58. The third kappa shape index (κ3) is 4.16. The molecule has 0 saturated carbocycles. The molecule has 106 valence electrons. The van der Waals surface area contributed by atoms with Crippen molar-refractivity contribution >= 4 is 52.2 Å². The van der Waals surface area contributed by atoms with Crippen LogP contribution in [0, 0.1) is 0 Å². The first-order valence-electron chi connectivity index (χ1n) is 5.97. The lowest BCUT2D eigenvalue weighted by atomic mass is 10.3. The van der Waals surface area contributed by atoms with Crippen LogP contribution >= 0.6 is 46.3 Å². The maximum atomic E-state index is 11.9. The average molecular weight is 346 g/mol. The Hall–Kier alpha value is -0.680. The van der Waals surface area contributed by atoms with Gasteiger partial charge in [0.1, 0.15) is 0 Å². The summed E-state index contributed by atoms with van der Waals surface area (Å²) in [4.78, 5) is 13.8. The maximum absolute atomic E-state index is 11.9. The Kier molecular flexibility index (Phi) is 5.78. The van der Waals surface area contributed by atoms with Crippen molar-refractivity contribution in [3.05, 3.63) is 50.6 Å². The molecule has 1 heterocycles. The number of carbonyl (C=O) groups is 1.